The van der Waals surface area contributed by atoms with Crippen LogP contribution in [-0.2, 0) is 17.6 Å². The van der Waals surface area contributed by atoms with Gasteiger partial charge in [-0.1, -0.05) is 50.5 Å². The Morgan fingerprint density at radius 3 is 2.29 bits per heavy atom. The van der Waals surface area contributed by atoms with Gasteiger partial charge in [0.15, 0.2) is 0 Å². The third kappa shape index (κ3) is 5.01. The first-order chi connectivity index (χ1) is 9.64. The number of hydrogen-bond acceptors (Lipinski definition) is 2. The van der Waals surface area contributed by atoms with Gasteiger partial charge in [-0.15, -0.1) is 12.4 Å². The number of aryl methyl sites for hydroxylation is 1. The Kier molecular flexibility index (Phi) is 7.20. The van der Waals surface area contributed by atoms with Gasteiger partial charge in [-0.2, -0.15) is 0 Å². The van der Waals surface area contributed by atoms with Gasteiger partial charge >= 0.3 is 0 Å². The Hall–Kier alpha value is -1.06. The Morgan fingerprint density at radius 1 is 1.14 bits per heavy atom. The van der Waals surface area contributed by atoms with Crippen molar-refractivity contribution >= 4 is 18.3 Å². The van der Waals surface area contributed by atoms with E-state index in [4.69, 9.17) is 5.73 Å². The number of rotatable bonds is 5. The minimum Gasteiger partial charge on any atom is -0.354 e. The maximum absolute atomic E-state index is 12.2. The highest BCUT2D eigenvalue weighted by Gasteiger charge is 2.34. The molecule has 0 saturated heterocycles. The minimum absolute atomic E-state index is 0. The second-order valence-electron chi connectivity index (χ2n) is 5.89. The van der Waals surface area contributed by atoms with Crippen LogP contribution in [0.3, 0.4) is 0 Å². The first-order valence-electron chi connectivity index (χ1n) is 7.79. The van der Waals surface area contributed by atoms with Gasteiger partial charge in [-0.25, -0.2) is 0 Å². The Labute approximate surface area is 134 Å². The van der Waals surface area contributed by atoms with E-state index < -0.39 is 5.54 Å². The van der Waals surface area contributed by atoms with Crippen molar-refractivity contribution in [1.82, 2.24) is 5.32 Å². The SMILES string of the molecule is CCc1ccc(CCNC(=O)C2(N)CCCCC2)cc1.Cl. The standard InChI is InChI=1S/C17H26N2O.ClH/c1-2-14-6-8-15(9-7-14)10-13-19-16(20)17(18)11-4-3-5-12-17;/h6-9H,2-5,10-13,18H2,1H3,(H,19,20);1H. The molecule has 0 unspecified atom stereocenters. The van der Waals surface area contributed by atoms with Crippen molar-refractivity contribution in [2.24, 2.45) is 5.73 Å². The van der Waals surface area contributed by atoms with Crippen molar-refractivity contribution < 1.29 is 4.79 Å². The second-order valence-corrected chi connectivity index (χ2v) is 5.89. The van der Waals surface area contributed by atoms with Gasteiger partial charge in [0.05, 0.1) is 5.54 Å². The minimum atomic E-state index is -0.621. The molecule has 0 radical (unpaired) electrons. The molecule has 0 heterocycles. The summed E-state index contributed by atoms with van der Waals surface area (Å²) in [5.74, 6) is 0.0300. The van der Waals surface area contributed by atoms with E-state index in [1.165, 1.54) is 17.5 Å². The summed E-state index contributed by atoms with van der Waals surface area (Å²) in [6.07, 6.45) is 6.92. The summed E-state index contributed by atoms with van der Waals surface area (Å²) in [4.78, 5) is 12.2. The van der Waals surface area contributed by atoms with Crippen molar-refractivity contribution in [3.8, 4) is 0 Å². The second kappa shape index (κ2) is 8.40. The highest BCUT2D eigenvalue weighted by molar-refractivity contribution is 5.86. The van der Waals surface area contributed by atoms with Gasteiger partial charge in [0.2, 0.25) is 5.91 Å². The zero-order valence-electron chi connectivity index (χ0n) is 12.9. The molecule has 1 aliphatic rings. The molecule has 3 N–H and O–H groups in total. The predicted octanol–water partition coefficient (Wildman–Crippen LogP) is 2.99. The van der Waals surface area contributed by atoms with E-state index >= 15 is 0 Å². The van der Waals surface area contributed by atoms with Crippen LogP contribution in [0.2, 0.25) is 0 Å². The van der Waals surface area contributed by atoms with E-state index in [9.17, 15) is 4.79 Å². The Bertz CT molecular complexity index is 439. The summed E-state index contributed by atoms with van der Waals surface area (Å²) in [5.41, 5.74) is 8.20. The molecule has 1 fully saturated rings. The van der Waals surface area contributed by atoms with Gasteiger partial charge in [0.25, 0.3) is 0 Å². The van der Waals surface area contributed by atoms with E-state index in [1.54, 1.807) is 0 Å². The maximum atomic E-state index is 12.2. The van der Waals surface area contributed by atoms with Crippen molar-refractivity contribution in [1.29, 1.82) is 0 Å². The summed E-state index contributed by atoms with van der Waals surface area (Å²) in [5, 5.41) is 3.01. The van der Waals surface area contributed by atoms with Gasteiger partial charge in [-0.05, 0) is 36.8 Å². The fraction of sp³-hybridized carbons (Fsp3) is 0.588. The van der Waals surface area contributed by atoms with Crippen LogP contribution in [0.5, 0.6) is 0 Å². The molecule has 21 heavy (non-hydrogen) atoms. The lowest BCUT2D eigenvalue weighted by Crippen LogP contribution is -2.55. The zero-order valence-corrected chi connectivity index (χ0v) is 13.7. The lowest BCUT2D eigenvalue weighted by molar-refractivity contribution is -0.127. The van der Waals surface area contributed by atoms with E-state index in [0.29, 0.717) is 6.54 Å². The Balaban J connectivity index is 0.00000220. The molecule has 1 saturated carbocycles. The molecule has 0 aromatic heterocycles. The molecule has 0 aliphatic heterocycles. The third-order valence-electron chi connectivity index (χ3n) is 4.33. The lowest BCUT2D eigenvalue weighted by atomic mass is 9.82. The number of carbonyl (C=O) groups excluding carboxylic acids is 1. The molecule has 4 heteroatoms. The number of halogens is 1. The van der Waals surface area contributed by atoms with Crippen LogP contribution in [0.25, 0.3) is 0 Å². The van der Waals surface area contributed by atoms with Crippen LogP contribution in [-0.4, -0.2) is 18.0 Å². The Morgan fingerprint density at radius 2 is 1.71 bits per heavy atom. The summed E-state index contributed by atoms with van der Waals surface area (Å²) in [7, 11) is 0. The summed E-state index contributed by atoms with van der Waals surface area (Å²) in [6.45, 7) is 2.82. The number of nitrogens with two attached hydrogens (primary N) is 1. The van der Waals surface area contributed by atoms with E-state index in [-0.39, 0.29) is 18.3 Å². The number of benzene rings is 1. The van der Waals surface area contributed by atoms with Gasteiger partial charge in [0.1, 0.15) is 0 Å². The highest BCUT2D eigenvalue weighted by Crippen LogP contribution is 2.25. The van der Waals surface area contributed by atoms with E-state index in [1.807, 2.05) is 0 Å². The molecule has 1 amide bonds. The molecule has 1 aromatic rings. The van der Waals surface area contributed by atoms with Crippen LogP contribution in [0.15, 0.2) is 24.3 Å². The third-order valence-corrected chi connectivity index (χ3v) is 4.33. The highest BCUT2D eigenvalue weighted by atomic mass is 35.5. The van der Waals surface area contributed by atoms with Crippen molar-refractivity contribution in [2.75, 3.05) is 6.54 Å². The van der Waals surface area contributed by atoms with Gasteiger partial charge in [0, 0.05) is 6.54 Å². The molecule has 118 valence electrons. The maximum Gasteiger partial charge on any atom is 0.240 e. The van der Waals surface area contributed by atoms with Crippen molar-refractivity contribution in [3.63, 3.8) is 0 Å². The average Bonchev–Trinajstić information content (AvgIpc) is 2.48. The number of nitrogens with one attached hydrogen (secondary N) is 1. The number of hydrogen-bond donors (Lipinski definition) is 2. The number of amides is 1. The van der Waals surface area contributed by atoms with Gasteiger partial charge < -0.3 is 11.1 Å². The van der Waals surface area contributed by atoms with Crippen molar-refractivity contribution in [2.45, 2.75) is 57.4 Å². The first-order valence-corrected chi connectivity index (χ1v) is 7.79. The van der Waals surface area contributed by atoms with E-state index in [2.05, 4.69) is 36.5 Å². The molecule has 0 bridgehead atoms. The monoisotopic (exact) mass is 310 g/mol. The van der Waals surface area contributed by atoms with E-state index in [0.717, 1.165) is 38.5 Å². The topological polar surface area (TPSA) is 55.1 Å². The van der Waals surface area contributed by atoms with Crippen LogP contribution in [0.4, 0.5) is 0 Å². The molecule has 3 nitrogen and oxygen atoms in total. The van der Waals surface area contributed by atoms with Crippen LogP contribution < -0.4 is 11.1 Å². The summed E-state index contributed by atoms with van der Waals surface area (Å²) >= 11 is 0. The first kappa shape index (κ1) is 18.0. The average molecular weight is 311 g/mol. The molecule has 1 aromatic carbocycles. The zero-order chi connectivity index (χ0) is 14.4. The molecule has 2 rings (SSSR count). The fourth-order valence-corrected chi connectivity index (χ4v) is 2.85. The molecular weight excluding hydrogens is 284 g/mol. The summed E-state index contributed by atoms with van der Waals surface area (Å²) in [6, 6.07) is 8.60. The quantitative estimate of drug-likeness (QED) is 0.878. The fourth-order valence-electron chi connectivity index (χ4n) is 2.85. The van der Waals surface area contributed by atoms with Crippen LogP contribution in [0.1, 0.15) is 50.2 Å². The normalized spacial score (nSPS) is 16.9. The van der Waals surface area contributed by atoms with Gasteiger partial charge in [-0.3, -0.25) is 4.79 Å². The largest absolute Gasteiger partial charge is 0.354 e. The van der Waals surface area contributed by atoms with Crippen LogP contribution >= 0.6 is 12.4 Å². The van der Waals surface area contributed by atoms with Crippen molar-refractivity contribution in [3.05, 3.63) is 35.4 Å². The molecular formula is C17H27ClN2O. The van der Waals surface area contributed by atoms with Crippen LogP contribution in [0, 0.1) is 0 Å². The smallest absolute Gasteiger partial charge is 0.240 e. The lowest BCUT2D eigenvalue weighted by Gasteiger charge is -2.31. The number of carbonyl (C=O) groups is 1. The predicted molar refractivity (Wildman–Crippen MR) is 89.8 cm³/mol. The molecule has 0 atom stereocenters. The molecule has 0 spiro atoms. The molecule has 1 aliphatic carbocycles. The summed E-state index contributed by atoms with van der Waals surface area (Å²) < 4.78 is 0.